The molecule has 1 aromatic carbocycles. The Bertz CT molecular complexity index is 850. The minimum Gasteiger partial charge on any atom is -0.450 e. The number of anilines is 1. The van der Waals surface area contributed by atoms with Crippen LogP contribution in [0, 0.1) is 0 Å². The van der Waals surface area contributed by atoms with Crippen LogP contribution in [-0.2, 0) is 15.1 Å². The molecule has 0 bridgehead atoms. The van der Waals surface area contributed by atoms with Gasteiger partial charge in [-0.15, -0.1) is 0 Å². The van der Waals surface area contributed by atoms with E-state index in [-0.39, 0.29) is 22.5 Å². The zero-order valence-corrected chi connectivity index (χ0v) is 14.6. The number of ether oxygens (including phenoxy) is 1. The molecule has 0 spiro atoms. The van der Waals surface area contributed by atoms with Crippen molar-refractivity contribution in [1.82, 2.24) is 4.98 Å². The molecular weight excluding hydrogens is 377 g/mol. The number of aromatic amines is 1. The van der Waals surface area contributed by atoms with E-state index in [0.717, 1.165) is 6.92 Å². The molecule has 1 aromatic heterocycles. The summed E-state index contributed by atoms with van der Waals surface area (Å²) in [6.45, 7) is 2.44. The van der Waals surface area contributed by atoms with Crippen molar-refractivity contribution in [2.24, 2.45) is 0 Å². The molecule has 10 heteroatoms. The molecular formula is C16H16ClF3N2O4. The van der Waals surface area contributed by atoms with Gasteiger partial charge in [0.1, 0.15) is 11.6 Å². The van der Waals surface area contributed by atoms with Gasteiger partial charge in [-0.1, -0.05) is 17.7 Å². The third-order valence-electron chi connectivity index (χ3n) is 3.65. The Hall–Kier alpha value is -2.26. The van der Waals surface area contributed by atoms with Crippen molar-refractivity contribution in [2.45, 2.75) is 32.0 Å². The summed E-state index contributed by atoms with van der Waals surface area (Å²) in [5.41, 5.74) is -4.05. The Balaban J connectivity index is 2.75. The first-order valence-corrected chi connectivity index (χ1v) is 7.91. The summed E-state index contributed by atoms with van der Waals surface area (Å²) >= 11 is 5.85. The van der Waals surface area contributed by atoms with Crippen molar-refractivity contribution in [3.8, 4) is 0 Å². The lowest BCUT2D eigenvalue weighted by Crippen LogP contribution is -2.44. The summed E-state index contributed by atoms with van der Waals surface area (Å²) in [7, 11) is 0. The Labute approximate surface area is 151 Å². The number of carbonyl (C=O) groups is 2. The molecule has 0 aliphatic rings. The van der Waals surface area contributed by atoms with Crippen LogP contribution < -0.4 is 5.32 Å². The maximum Gasteiger partial charge on any atom is 0.422 e. The van der Waals surface area contributed by atoms with Crippen LogP contribution in [0.4, 0.5) is 23.8 Å². The first-order chi connectivity index (χ1) is 12.0. The number of aromatic nitrogens is 1. The number of nitrogens with one attached hydrogen (secondary N) is 2. The van der Waals surface area contributed by atoms with Gasteiger partial charge in [-0.05, 0) is 26.0 Å². The van der Waals surface area contributed by atoms with E-state index in [1.807, 2.05) is 0 Å². The maximum absolute atomic E-state index is 13.7. The van der Waals surface area contributed by atoms with E-state index in [1.54, 1.807) is 0 Å². The van der Waals surface area contributed by atoms with Crippen LogP contribution in [0.15, 0.2) is 18.2 Å². The highest BCUT2D eigenvalue weighted by Gasteiger charge is 2.57. The van der Waals surface area contributed by atoms with E-state index in [4.69, 9.17) is 11.6 Å². The zero-order valence-electron chi connectivity index (χ0n) is 13.8. The van der Waals surface area contributed by atoms with Crippen molar-refractivity contribution < 1.29 is 32.6 Å². The van der Waals surface area contributed by atoms with E-state index >= 15 is 0 Å². The van der Waals surface area contributed by atoms with Gasteiger partial charge >= 0.3 is 12.3 Å². The quantitative estimate of drug-likeness (QED) is 0.713. The first kappa shape index (κ1) is 20.1. The third-order valence-corrected chi connectivity index (χ3v) is 3.89. The van der Waals surface area contributed by atoms with Gasteiger partial charge in [-0.3, -0.25) is 10.1 Å². The van der Waals surface area contributed by atoms with E-state index in [2.05, 4.69) is 15.0 Å². The number of alkyl halides is 3. The predicted molar refractivity (Wildman–Crippen MR) is 89.2 cm³/mol. The average molecular weight is 393 g/mol. The number of hydrogen-bond acceptors (Lipinski definition) is 4. The SMILES string of the molecule is CCOC(=O)Nc1[nH]c2cc(Cl)ccc2c1C(O)(CC(C)=O)C(F)(F)F. The van der Waals surface area contributed by atoms with Gasteiger partial charge in [0.15, 0.2) is 5.60 Å². The van der Waals surface area contributed by atoms with Gasteiger partial charge in [-0.25, -0.2) is 4.79 Å². The summed E-state index contributed by atoms with van der Waals surface area (Å²) in [4.78, 5) is 25.7. The van der Waals surface area contributed by atoms with Gasteiger partial charge in [0.2, 0.25) is 0 Å². The van der Waals surface area contributed by atoms with Gasteiger partial charge in [-0.2, -0.15) is 13.2 Å². The molecule has 3 N–H and O–H groups in total. The van der Waals surface area contributed by atoms with E-state index in [1.165, 1.54) is 25.1 Å². The van der Waals surface area contributed by atoms with Crippen molar-refractivity contribution in [2.75, 3.05) is 11.9 Å². The second-order valence-corrected chi connectivity index (χ2v) is 6.08. The molecule has 1 unspecified atom stereocenters. The Morgan fingerprint density at radius 1 is 1.35 bits per heavy atom. The number of halogens is 4. The van der Waals surface area contributed by atoms with Crippen LogP contribution >= 0.6 is 11.6 Å². The third kappa shape index (κ3) is 3.78. The summed E-state index contributed by atoms with van der Waals surface area (Å²) in [5.74, 6) is -1.31. The average Bonchev–Trinajstić information content (AvgIpc) is 2.82. The van der Waals surface area contributed by atoms with Crippen LogP contribution in [0.25, 0.3) is 10.9 Å². The molecule has 1 heterocycles. The summed E-state index contributed by atoms with van der Waals surface area (Å²) in [6.07, 6.45) is -7.42. The van der Waals surface area contributed by atoms with E-state index in [9.17, 15) is 27.9 Å². The number of aliphatic hydroxyl groups is 1. The zero-order chi connectivity index (χ0) is 19.7. The van der Waals surface area contributed by atoms with Crippen LogP contribution in [-0.4, -0.2) is 34.8 Å². The van der Waals surface area contributed by atoms with Crippen LogP contribution in [0.2, 0.25) is 5.02 Å². The summed E-state index contributed by atoms with van der Waals surface area (Å²) in [5, 5.41) is 12.8. The Kier molecular flexibility index (Phi) is 5.52. The number of Topliss-reactive ketones (excluding diaryl/α,β-unsaturated/α-hetero) is 1. The van der Waals surface area contributed by atoms with Crippen LogP contribution in [0.3, 0.4) is 0 Å². The number of amides is 1. The fraction of sp³-hybridized carbons (Fsp3) is 0.375. The molecule has 142 valence electrons. The lowest BCUT2D eigenvalue weighted by Gasteiger charge is -2.30. The fourth-order valence-electron chi connectivity index (χ4n) is 2.65. The van der Waals surface area contributed by atoms with Crippen molar-refractivity contribution in [1.29, 1.82) is 0 Å². The number of benzene rings is 1. The molecule has 1 atom stereocenters. The number of fused-ring (bicyclic) bond motifs is 1. The van der Waals surface area contributed by atoms with Crippen LogP contribution in [0.1, 0.15) is 25.8 Å². The Morgan fingerprint density at radius 3 is 2.54 bits per heavy atom. The minimum absolute atomic E-state index is 0.00971. The fourth-order valence-corrected chi connectivity index (χ4v) is 2.83. The highest BCUT2D eigenvalue weighted by Crippen LogP contribution is 2.47. The number of H-pyrrole nitrogens is 1. The molecule has 0 aliphatic heterocycles. The minimum atomic E-state index is -5.18. The molecule has 0 fully saturated rings. The van der Waals surface area contributed by atoms with Gasteiger partial charge in [0.25, 0.3) is 0 Å². The normalized spacial score (nSPS) is 14.1. The largest absolute Gasteiger partial charge is 0.450 e. The first-order valence-electron chi connectivity index (χ1n) is 7.53. The number of rotatable bonds is 5. The standard InChI is InChI=1S/C16H16ClF3N2O4/c1-3-26-14(24)22-13-12(10-5-4-9(17)6-11(10)21-13)15(25,7-8(2)23)16(18,19)20/h4-6,21,25H,3,7H2,1-2H3,(H,22,24). The molecule has 6 nitrogen and oxygen atoms in total. The van der Waals surface area contributed by atoms with Crippen LogP contribution in [0.5, 0.6) is 0 Å². The predicted octanol–water partition coefficient (Wildman–Crippen LogP) is 4.12. The monoisotopic (exact) mass is 392 g/mol. The Morgan fingerprint density at radius 2 is 2.00 bits per heavy atom. The number of carbonyl (C=O) groups excluding carboxylic acids is 2. The molecule has 2 rings (SSSR count). The highest BCUT2D eigenvalue weighted by molar-refractivity contribution is 6.31. The summed E-state index contributed by atoms with van der Waals surface area (Å²) < 4.78 is 45.8. The van der Waals surface area contributed by atoms with E-state index in [0.29, 0.717) is 0 Å². The van der Waals surface area contributed by atoms with E-state index < -0.39 is 41.5 Å². The lowest BCUT2D eigenvalue weighted by molar-refractivity contribution is -0.266. The topological polar surface area (TPSA) is 91.4 Å². The maximum atomic E-state index is 13.7. The number of ketones is 1. The molecule has 26 heavy (non-hydrogen) atoms. The second-order valence-electron chi connectivity index (χ2n) is 5.65. The molecule has 0 saturated heterocycles. The molecule has 2 aromatic rings. The van der Waals surface area contributed by atoms with Crippen molar-refractivity contribution in [3.63, 3.8) is 0 Å². The van der Waals surface area contributed by atoms with Crippen molar-refractivity contribution in [3.05, 3.63) is 28.8 Å². The van der Waals surface area contributed by atoms with Gasteiger partial charge < -0.3 is 14.8 Å². The lowest BCUT2D eigenvalue weighted by atomic mass is 9.87. The number of hydrogen-bond donors (Lipinski definition) is 3. The summed E-state index contributed by atoms with van der Waals surface area (Å²) in [6, 6.07) is 3.93. The molecule has 1 amide bonds. The second kappa shape index (κ2) is 7.16. The molecule has 0 saturated carbocycles. The van der Waals surface area contributed by atoms with Crippen molar-refractivity contribution >= 4 is 40.2 Å². The van der Waals surface area contributed by atoms with Gasteiger partial charge in [0.05, 0.1) is 6.61 Å². The highest BCUT2D eigenvalue weighted by atomic mass is 35.5. The van der Waals surface area contributed by atoms with Gasteiger partial charge in [0, 0.05) is 27.9 Å². The molecule has 0 aliphatic carbocycles. The molecule has 0 radical (unpaired) electrons. The smallest absolute Gasteiger partial charge is 0.422 e.